The predicted molar refractivity (Wildman–Crippen MR) is 88.1 cm³/mol. The predicted octanol–water partition coefficient (Wildman–Crippen LogP) is 3.94. The van der Waals surface area contributed by atoms with Gasteiger partial charge in [-0.2, -0.15) is 0 Å². The van der Waals surface area contributed by atoms with Crippen molar-refractivity contribution in [2.45, 2.75) is 90.3 Å². The molecule has 0 aromatic carbocycles. The lowest BCUT2D eigenvalue weighted by molar-refractivity contribution is 0.448. The molecule has 0 rings (SSSR count). The van der Waals surface area contributed by atoms with Crippen molar-refractivity contribution in [1.29, 1.82) is 5.41 Å². The number of unbranched alkanes of at least 4 members (excludes halogenated alkanes) is 6. The molecule has 112 valence electrons. The molecule has 0 radical (unpaired) electrons. The van der Waals surface area contributed by atoms with E-state index in [2.05, 4.69) is 26.0 Å². The van der Waals surface area contributed by atoms with Crippen LogP contribution < -0.4 is 11.0 Å². The topological polar surface area (TPSA) is 61.9 Å². The fourth-order valence-electron chi connectivity index (χ4n) is 2.57. The minimum absolute atomic E-state index is 0.105. The third-order valence-electron chi connectivity index (χ3n) is 3.97. The first-order valence-corrected chi connectivity index (χ1v) is 8.12. The molecule has 0 unspecified atom stereocenters. The summed E-state index contributed by atoms with van der Waals surface area (Å²) in [6.45, 7) is 6.85. The molecule has 4 N–H and O–H groups in total. The van der Waals surface area contributed by atoms with Crippen LogP contribution in [0.3, 0.4) is 0 Å². The Morgan fingerprint density at radius 2 is 1.47 bits per heavy atom. The molecule has 3 nitrogen and oxygen atoms in total. The van der Waals surface area contributed by atoms with E-state index in [1.54, 1.807) is 0 Å². The largest absolute Gasteiger partial charge is 0.403 e. The Kier molecular flexibility index (Phi) is 10.8. The maximum absolute atomic E-state index is 7.33. The molecule has 19 heavy (non-hydrogen) atoms. The molecule has 0 aliphatic carbocycles. The zero-order valence-electron chi connectivity index (χ0n) is 13.4. The fourth-order valence-corrected chi connectivity index (χ4v) is 2.57. The molecular formula is C15H34BN3. The standard InChI is InChI=1S/C15H34BN3/c1-4-6-8-10-12-15(3,16-19-14(17)18)13-11-9-7-5-2/h16H,4-13H2,1-3H3,(H4,17,18,19). The van der Waals surface area contributed by atoms with Crippen molar-refractivity contribution in [3.63, 3.8) is 0 Å². The molecule has 0 fully saturated rings. The Hall–Kier alpha value is -0.665. The smallest absolute Gasteiger partial charge is 0.242 e. The van der Waals surface area contributed by atoms with Crippen molar-refractivity contribution in [2.75, 3.05) is 0 Å². The van der Waals surface area contributed by atoms with Crippen LogP contribution in [0.5, 0.6) is 0 Å². The second-order valence-corrected chi connectivity index (χ2v) is 6.20. The van der Waals surface area contributed by atoms with Crippen LogP contribution in [-0.2, 0) is 0 Å². The van der Waals surface area contributed by atoms with Crippen molar-refractivity contribution in [1.82, 2.24) is 5.23 Å². The van der Waals surface area contributed by atoms with E-state index in [4.69, 9.17) is 11.1 Å². The van der Waals surface area contributed by atoms with E-state index in [9.17, 15) is 0 Å². The van der Waals surface area contributed by atoms with Gasteiger partial charge in [-0.3, -0.25) is 5.41 Å². The van der Waals surface area contributed by atoms with Gasteiger partial charge in [0, 0.05) is 0 Å². The molecule has 0 heterocycles. The van der Waals surface area contributed by atoms with Gasteiger partial charge in [0.25, 0.3) is 0 Å². The summed E-state index contributed by atoms with van der Waals surface area (Å²) in [4.78, 5) is 0. The maximum atomic E-state index is 7.33. The highest BCUT2D eigenvalue weighted by molar-refractivity contribution is 6.41. The zero-order chi connectivity index (χ0) is 14.6. The normalized spacial score (nSPS) is 11.3. The molecule has 0 aliphatic rings. The number of guanidine groups is 1. The van der Waals surface area contributed by atoms with Gasteiger partial charge in [-0.1, -0.05) is 85.0 Å². The molecule has 0 saturated carbocycles. The van der Waals surface area contributed by atoms with Gasteiger partial charge in [-0.15, -0.1) is 0 Å². The first kappa shape index (κ1) is 18.3. The van der Waals surface area contributed by atoms with Crippen molar-refractivity contribution < 1.29 is 0 Å². The van der Waals surface area contributed by atoms with E-state index < -0.39 is 0 Å². The Balaban J connectivity index is 4.07. The molecule has 0 saturated heterocycles. The third kappa shape index (κ3) is 10.9. The van der Waals surface area contributed by atoms with Crippen molar-refractivity contribution >= 4 is 13.4 Å². The summed E-state index contributed by atoms with van der Waals surface area (Å²) < 4.78 is 0. The molecule has 0 spiro atoms. The lowest BCUT2D eigenvalue weighted by Crippen LogP contribution is -2.39. The zero-order valence-corrected chi connectivity index (χ0v) is 13.4. The second kappa shape index (κ2) is 11.2. The van der Waals surface area contributed by atoms with E-state index >= 15 is 0 Å². The maximum Gasteiger partial charge on any atom is 0.242 e. The van der Waals surface area contributed by atoms with E-state index in [1.165, 1.54) is 64.2 Å². The number of hydrogen-bond acceptors (Lipinski definition) is 1. The minimum Gasteiger partial charge on any atom is -0.403 e. The molecule has 4 heteroatoms. The summed E-state index contributed by atoms with van der Waals surface area (Å²) in [7, 11) is 0.848. The highest BCUT2D eigenvalue weighted by atomic mass is 15.0. The van der Waals surface area contributed by atoms with Crippen LogP contribution in [-0.4, -0.2) is 13.4 Å². The first-order valence-electron chi connectivity index (χ1n) is 8.12. The van der Waals surface area contributed by atoms with Gasteiger partial charge in [0.1, 0.15) is 0 Å². The second-order valence-electron chi connectivity index (χ2n) is 6.20. The summed E-state index contributed by atoms with van der Waals surface area (Å²) in [6, 6.07) is 0. The van der Waals surface area contributed by atoms with Gasteiger partial charge in [-0.25, -0.2) is 0 Å². The van der Waals surface area contributed by atoms with Gasteiger partial charge in [0.15, 0.2) is 5.96 Å². The number of nitrogens with two attached hydrogens (primary N) is 1. The van der Waals surface area contributed by atoms with Gasteiger partial charge in [0.2, 0.25) is 7.41 Å². The molecule has 0 bridgehead atoms. The number of hydrogen-bond donors (Lipinski definition) is 3. The lowest BCUT2D eigenvalue weighted by atomic mass is 9.56. The van der Waals surface area contributed by atoms with Gasteiger partial charge >= 0.3 is 0 Å². The quantitative estimate of drug-likeness (QED) is 0.217. The molecule has 0 aromatic heterocycles. The Labute approximate surface area is 120 Å². The summed E-state index contributed by atoms with van der Waals surface area (Å²) >= 11 is 0. The number of nitrogens with one attached hydrogen (secondary N) is 2. The average molecular weight is 267 g/mol. The third-order valence-corrected chi connectivity index (χ3v) is 3.97. The lowest BCUT2D eigenvalue weighted by Gasteiger charge is -2.29. The molecule has 0 aromatic rings. The SMILES string of the molecule is CCCCCCC(C)(BNC(=N)N)CCCCCC. The Morgan fingerprint density at radius 3 is 1.84 bits per heavy atom. The summed E-state index contributed by atoms with van der Waals surface area (Å²) in [5.74, 6) is 0.105. The van der Waals surface area contributed by atoms with Crippen LogP contribution in [0.4, 0.5) is 0 Å². The molecule has 0 atom stereocenters. The average Bonchev–Trinajstić information content (AvgIpc) is 2.38. The van der Waals surface area contributed by atoms with E-state index in [0.29, 0.717) is 5.31 Å². The summed E-state index contributed by atoms with van der Waals surface area (Å²) in [5, 5.41) is 10.7. The van der Waals surface area contributed by atoms with Gasteiger partial charge < -0.3 is 11.0 Å². The number of rotatable bonds is 12. The van der Waals surface area contributed by atoms with E-state index in [1.807, 2.05) is 0 Å². The highest BCUT2D eigenvalue weighted by Crippen LogP contribution is 2.36. The molecule has 0 amide bonds. The highest BCUT2D eigenvalue weighted by Gasteiger charge is 2.25. The van der Waals surface area contributed by atoms with Crippen LogP contribution in [0.15, 0.2) is 0 Å². The Bertz CT molecular complexity index is 219. The van der Waals surface area contributed by atoms with Crippen LogP contribution in [0.2, 0.25) is 5.31 Å². The Morgan fingerprint density at radius 1 is 1.00 bits per heavy atom. The van der Waals surface area contributed by atoms with E-state index in [-0.39, 0.29) is 5.96 Å². The van der Waals surface area contributed by atoms with Crippen LogP contribution >= 0.6 is 0 Å². The summed E-state index contributed by atoms with van der Waals surface area (Å²) in [5.41, 5.74) is 5.42. The van der Waals surface area contributed by atoms with Crippen LogP contribution in [0.25, 0.3) is 0 Å². The first-order chi connectivity index (χ1) is 9.04. The van der Waals surface area contributed by atoms with Crippen molar-refractivity contribution in [3.8, 4) is 0 Å². The van der Waals surface area contributed by atoms with Crippen molar-refractivity contribution in [2.24, 2.45) is 5.73 Å². The van der Waals surface area contributed by atoms with E-state index in [0.717, 1.165) is 7.41 Å². The molecular weight excluding hydrogens is 233 g/mol. The monoisotopic (exact) mass is 267 g/mol. The van der Waals surface area contributed by atoms with Gasteiger partial charge in [0.05, 0.1) is 0 Å². The molecule has 0 aliphatic heterocycles. The summed E-state index contributed by atoms with van der Waals surface area (Å²) in [6.07, 6.45) is 13.0. The fraction of sp³-hybridized carbons (Fsp3) is 0.933. The van der Waals surface area contributed by atoms with Crippen molar-refractivity contribution in [3.05, 3.63) is 0 Å². The van der Waals surface area contributed by atoms with Crippen LogP contribution in [0.1, 0.15) is 85.0 Å². The van der Waals surface area contributed by atoms with Gasteiger partial charge in [-0.05, 0) is 5.31 Å². The van der Waals surface area contributed by atoms with Crippen LogP contribution in [0, 0.1) is 5.41 Å². The minimum atomic E-state index is 0.105.